The van der Waals surface area contributed by atoms with Gasteiger partial charge in [0.25, 0.3) is 11.8 Å². The van der Waals surface area contributed by atoms with E-state index in [9.17, 15) is 9.59 Å². The number of pyridine rings is 1. The first-order valence-electron chi connectivity index (χ1n) is 8.96. The van der Waals surface area contributed by atoms with E-state index >= 15 is 0 Å². The van der Waals surface area contributed by atoms with Crippen LogP contribution in [0.2, 0.25) is 10.3 Å². The Morgan fingerprint density at radius 3 is 2.34 bits per heavy atom. The molecule has 0 radical (unpaired) electrons. The van der Waals surface area contributed by atoms with Crippen LogP contribution in [0.4, 0.5) is 0 Å². The van der Waals surface area contributed by atoms with E-state index in [-0.39, 0.29) is 15.9 Å². The predicted octanol–water partition coefficient (Wildman–Crippen LogP) is 4.05. The third kappa shape index (κ3) is 4.57. The van der Waals surface area contributed by atoms with Crippen molar-refractivity contribution in [3.05, 3.63) is 51.3 Å². The van der Waals surface area contributed by atoms with Crippen LogP contribution in [0.5, 0.6) is 11.5 Å². The first-order chi connectivity index (χ1) is 13.6. The van der Waals surface area contributed by atoms with E-state index in [1.807, 2.05) is 0 Å². The van der Waals surface area contributed by atoms with E-state index in [0.29, 0.717) is 35.8 Å². The lowest BCUT2D eigenvalue weighted by atomic mass is 10.0. The standard InChI is InChI=1S/C20H21Cl2N3O4/c1-11-13(5-6-14-17(11)29-8-7-28-14)18(26)24-25(20(2,3)4)19(27)12-9-15(21)23-16(22)10-12/h5-6,9-10H,7-8H2,1-4H3,(H,24,26). The van der Waals surface area contributed by atoms with Crippen molar-refractivity contribution in [3.63, 3.8) is 0 Å². The molecule has 0 spiro atoms. The molecule has 29 heavy (non-hydrogen) atoms. The minimum absolute atomic E-state index is 0.0868. The lowest BCUT2D eigenvalue weighted by Crippen LogP contribution is -2.56. The maximum atomic E-state index is 13.1. The summed E-state index contributed by atoms with van der Waals surface area (Å²) in [6, 6.07) is 6.12. The number of hydrogen-bond acceptors (Lipinski definition) is 5. The third-order valence-electron chi connectivity index (χ3n) is 4.30. The Morgan fingerprint density at radius 1 is 1.10 bits per heavy atom. The number of rotatable bonds is 2. The van der Waals surface area contributed by atoms with Gasteiger partial charge in [0.05, 0.1) is 5.54 Å². The van der Waals surface area contributed by atoms with Gasteiger partial charge >= 0.3 is 0 Å². The lowest BCUT2D eigenvalue weighted by molar-refractivity contribution is 0.0358. The topological polar surface area (TPSA) is 80.8 Å². The van der Waals surface area contributed by atoms with Crippen molar-refractivity contribution in [2.24, 2.45) is 0 Å². The zero-order valence-electron chi connectivity index (χ0n) is 16.5. The fourth-order valence-corrected chi connectivity index (χ4v) is 3.36. The summed E-state index contributed by atoms with van der Waals surface area (Å²) >= 11 is 11.8. The van der Waals surface area contributed by atoms with E-state index in [1.54, 1.807) is 39.8 Å². The highest BCUT2D eigenvalue weighted by atomic mass is 35.5. The van der Waals surface area contributed by atoms with Crippen LogP contribution < -0.4 is 14.9 Å². The Hall–Kier alpha value is -2.51. The van der Waals surface area contributed by atoms with E-state index in [0.717, 1.165) is 0 Å². The van der Waals surface area contributed by atoms with Crippen LogP contribution in [0.3, 0.4) is 0 Å². The second-order valence-corrected chi connectivity index (χ2v) is 8.29. The van der Waals surface area contributed by atoms with E-state index in [1.165, 1.54) is 17.1 Å². The Kier molecular flexibility index (Phi) is 5.91. The third-order valence-corrected chi connectivity index (χ3v) is 4.69. The Labute approximate surface area is 178 Å². The van der Waals surface area contributed by atoms with Crippen LogP contribution in [0.25, 0.3) is 0 Å². The van der Waals surface area contributed by atoms with Crippen LogP contribution >= 0.6 is 23.2 Å². The molecule has 3 rings (SSSR count). The minimum Gasteiger partial charge on any atom is -0.486 e. The number of halogens is 2. The first-order valence-corrected chi connectivity index (χ1v) is 9.71. The Balaban J connectivity index is 1.91. The number of hydrazine groups is 1. The number of carbonyl (C=O) groups is 2. The molecular weight excluding hydrogens is 417 g/mol. The quantitative estimate of drug-likeness (QED) is 0.565. The number of benzene rings is 1. The molecular formula is C20H21Cl2N3O4. The van der Waals surface area contributed by atoms with Crippen LogP contribution in [0, 0.1) is 6.92 Å². The summed E-state index contributed by atoms with van der Waals surface area (Å²) in [6.45, 7) is 8.04. The highest BCUT2D eigenvalue weighted by Crippen LogP contribution is 2.35. The second kappa shape index (κ2) is 8.08. The maximum Gasteiger partial charge on any atom is 0.273 e. The van der Waals surface area contributed by atoms with Crippen molar-refractivity contribution in [3.8, 4) is 11.5 Å². The average molecular weight is 438 g/mol. The van der Waals surface area contributed by atoms with E-state index < -0.39 is 17.4 Å². The van der Waals surface area contributed by atoms with E-state index in [2.05, 4.69) is 10.4 Å². The van der Waals surface area contributed by atoms with Gasteiger partial charge in [-0.25, -0.2) is 9.99 Å². The molecule has 0 fully saturated rings. The second-order valence-electron chi connectivity index (χ2n) is 7.52. The normalized spacial score (nSPS) is 13.0. The molecule has 1 aliphatic rings. The number of nitrogens with zero attached hydrogens (tertiary/aromatic N) is 2. The van der Waals surface area contributed by atoms with Gasteiger partial charge in [-0.3, -0.25) is 15.0 Å². The van der Waals surface area contributed by atoms with Crippen molar-refractivity contribution in [1.29, 1.82) is 0 Å². The highest BCUT2D eigenvalue weighted by Gasteiger charge is 2.31. The first kappa shape index (κ1) is 21.2. The molecule has 1 aromatic carbocycles. The number of ether oxygens (including phenoxy) is 2. The average Bonchev–Trinajstić information content (AvgIpc) is 2.64. The van der Waals surface area contributed by atoms with Gasteiger partial charge < -0.3 is 9.47 Å². The number of carbonyl (C=O) groups excluding carboxylic acids is 2. The van der Waals surface area contributed by atoms with Crippen molar-refractivity contribution >= 4 is 35.0 Å². The van der Waals surface area contributed by atoms with Gasteiger partial charge in [0.15, 0.2) is 11.5 Å². The fraction of sp³-hybridized carbons (Fsp3) is 0.350. The molecule has 154 valence electrons. The zero-order chi connectivity index (χ0) is 21.3. The van der Waals surface area contributed by atoms with Gasteiger partial charge in [0.1, 0.15) is 23.5 Å². The molecule has 0 bridgehead atoms. The van der Waals surface area contributed by atoms with Gasteiger partial charge in [-0.1, -0.05) is 23.2 Å². The molecule has 0 unspecified atom stereocenters. The molecule has 7 nitrogen and oxygen atoms in total. The molecule has 0 saturated carbocycles. The summed E-state index contributed by atoms with van der Waals surface area (Å²) in [6.07, 6.45) is 0. The summed E-state index contributed by atoms with van der Waals surface area (Å²) in [5.41, 5.74) is 3.20. The minimum atomic E-state index is -0.726. The van der Waals surface area contributed by atoms with E-state index in [4.69, 9.17) is 32.7 Å². The monoisotopic (exact) mass is 437 g/mol. The molecule has 1 aromatic heterocycles. The summed E-state index contributed by atoms with van der Waals surface area (Å²) in [7, 11) is 0. The van der Waals surface area contributed by atoms with Crippen LogP contribution in [0.1, 0.15) is 47.1 Å². The van der Waals surface area contributed by atoms with Gasteiger partial charge in [-0.05, 0) is 52.0 Å². The smallest absolute Gasteiger partial charge is 0.273 e. The molecule has 2 amide bonds. The van der Waals surface area contributed by atoms with Crippen molar-refractivity contribution in [2.75, 3.05) is 13.2 Å². The SMILES string of the molecule is Cc1c(C(=O)NN(C(=O)c2cc(Cl)nc(Cl)c2)C(C)(C)C)ccc2c1OCCO2. The number of amides is 2. The largest absolute Gasteiger partial charge is 0.486 e. The molecule has 2 aromatic rings. The summed E-state index contributed by atoms with van der Waals surface area (Å²) in [5, 5.41) is 1.42. The van der Waals surface area contributed by atoms with Crippen molar-refractivity contribution < 1.29 is 19.1 Å². The summed E-state index contributed by atoms with van der Waals surface area (Å²) in [5.74, 6) is 0.210. The summed E-state index contributed by atoms with van der Waals surface area (Å²) < 4.78 is 11.2. The van der Waals surface area contributed by atoms with Gasteiger partial charge in [-0.2, -0.15) is 0 Å². The molecule has 0 atom stereocenters. The zero-order valence-corrected chi connectivity index (χ0v) is 18.0. The van der Waals surface area contributed by atoms with Gasteiger partial charge in [0, 0.05) is 16.7 Å². The molecule has 0 aliphatic carbocycles. The Morgan fingerprint density at radius 2 is 1.72 bits per heavy atom. The maximum absolute atomic E-state index is 13.1. The van der Waals surface area contributed by atoms with Crippen LogP contribution in [-0.4, -0.2) is 40.6 Å². The number of hydrogen-bond donors (Lipinski definition) is 1. The summed E-state index contributed by atoms with van der Waals surface area (Å²) in [4.78, 5) is 30.0. The fourth-order valence-electron chi connectivity index (χ4n) is 2.90. The molecule has 9 heteroatoms. The number of aromatic nitrogens is 1. The number of fused-ring (bicyclic) bond motifs is 1. The van der Waals surface area contributed by atoms with Gasteiger partial charge in [-0.15, -0.1) is 0 Å². The molecule has 1 aliphatic heterocycles. The molecule has 2 heterocycles. The molecule has 1 N–H and O–H groups in total. The van der Waals surface area contributed by atoms with Crippen LogP contribution in [-0.2, 0) is 0 Å². The highest BCUT2D eigenvalue weighted by molar-refractivity contribution is 6.33. The lowest BCUT2D eigenvalue weighted by Gasteiger charge is -2.35. The molecule has 0 saturated heterocycles. The van der Waals surface area contributed by atoms with Crippen molar-refractivity contribution in [2.45, 2.75) is 33.2 Å². The predicted molar refractivity (Wildman–Crippen MR) is 110 cm³/mol. The Bertz CT molecular complexity index is 953. The van der Waals surface area contributed by atoms with Gasteiger partial charge in [0.2, 0.25) is 0 Å². The van der Waals surface area contributed by atoms with Crippen molar-refractivity contribution in [1.82, 2.24) is 15.4 Å². The van der Waals surface area contributed by atoms with Crippen LogP contribution in [0.15, 0.2) is 24.3 Å². The number of nitrogens with one attached hydrogen (secondary N) is 1.